The third-order valence-electron chi connectivity index (χ3n) is 1.04. The van der Waals surface area contributed by atoms with Crippen LogP contribution in [0.15, 0.2) is 6.20 Å². The van der Waals surface area contributed by atoms with Gasteiger partial charge in [0.1, 0.15) is 0 Å². The molecule has 1 aromatic heterocycles. The summed E-state index contributed by atoms with van der Waals surface area (Å²) in [5, 5.41) is 0. The number of methoxy groups -OCH3 is 1. The van der Waals surface area contributed by atoms with Gasteiger partial charge in [0.25, 0.3) is 0 Å². The van der Waals surface area contributed by atoms with E-state index in [2.05, 4.69) is 20.1 Å². The van der Waals surface area contributed by atoms with E-state index in [0.717, 1.165) is 6.20 Å². The first-order valence-electron chi connectivity index (χ1n) is 2.81. The SMILES string of the molecule is COc1ncc(F)c(NN)n1. The van der Waals surface area contributed by atoms with Crippen molar-refractivity contribution in [2.75, 3.05) is 12.5 Å². The molecule has 0 unspecified atom stereocenters. The molecule has 1 heterocycles. The van der Waals surface area contributed by atoms with Crippen LogP contribution in [0.25, 0.3) is 0 Å². The third-order valence-corrected chi connectivity index (χ3v) is 1.04. The van der Waals surface area contributed by atoms with Crippen molar-refractivity contribution in [2.45, 2.75) is 0 Å². The Balaban J connectivity index is 3.02. The lowest BCUT2D eigenvalue weighted by molar-refractivity contribution is 0.377. The molecule has 11 heavy (non-hydrogen) atoms. The minimum atomic E-state index is -0.617. The molecule has 0 bridgehead atoms. The van der Waals surface area contributed by atoms with E-state index in [1.807, 2.05) is 0 Å². The van der Waals surface area contributed by atoms with Crippen LogP contribution in [-0.2, 0) is 0 Å². The van der Waals surface area contributed by atoms with E-state index in [4.69, 9.17) is 5.84 Å². The molecular formula is C5H7FN4O. The second kappa shape index (κ2) is 3.11. The first-order valence-corrected chi connectivity index (χ1v) is 2.81. The molecule has 0 saturated carbocycles. The second-order valence-corrected chi connectivity index (χ2v) is 1.70. The van der Waals surface area contributed by atoms with Crippen LogP contribution in [-0.4, -0.2) is 17.1 Å². The Labute approximate surface area is 62.4 Å². The van der Waals surface area contributed by atoms with Gasteiger partial charge in [-0.3, -0.25) is 0 Å². The number of hydrogen-bond acceptors (Lipinski definition) is 5. The van der Waals surface area contributed by atoms with E-state index >= 15 is 0 Å². The molecule has 0 aliphatic carbocycles. The fourth-order valence-corrected chi connectivity index (χ4v) is 0.551. The number of ether oxygens (including phenoxy) is 1. The molecule has 0 aliphatic rings. The van der Waals surface area contributed by atoms with E-state index < -0.39 is 5.82 Å². The summed E-state index contributed by atoms with van der Waals surface area (Å²) >= 11 is 0. The molecule has 6 heteroatoms. The lowest BCUT2D eigenvalue weighted by Gasteiger charge is -2.01. The van der Waals surface area contributed by atoms with Crippen molar-refractivity contribution in [3.8, 4) is 6.01 Å². The van der Waals surface area contributed by atoms with Crippen LogP contribution in [0.4, 0.5) is 10.2 Å². The maximum Gasteiger partial charge on any atom is 0.318 e. The molecule has 0 radical (unpaired) electrons. The van der Waals surface area contributed by atoms with Gasteiger partial charge in [-0.25, -0.2) is 15.2 Å². The Kier molecular flexibility index (Phi) is 2.17. The monoisotopic (exact) mass is 158 g/mol. The van der Waals surface area contributed by atoms with Crippen LogP contribution in [0.3, 0.4) is 0 Å². The lowest BCUT2D eigenvalue weighted by Crippen LogP contribution is -2.11. The maximum absolute atomic E-state index is 12.6. The van der Waals surface area contributed by atoms with Gasteiger partial charge in [0, 0.05) is 0 Å². The Morgan fingerprint density at radius 3 is 3.00 bits per heavy atom. The number of hydrogen-bond donors (Lipinski definition) is 2. The summed E-state index contributed by atoms with van der Waals surface area (Å²) in [6.45, 7) is 0. The van der Waals surface area contributed by atoms with Gasteiger partial charge in [0.05, 0.1) is 13.3 Å². The number of aromatic nitrogens is 2. The Hall–Kier alpha value is -1.43. The Bertz CT molecular complexity index is 254. The zero-order valence-electron chi connectivity index (χ0n) is 5.84. The molecule has 1 aromatic rings. The molecular weight excluding hydrogens is 151 g/mol. The zero-order chi connectivity index (χ0) is 8.27. The number of hydrazine groups is 1. The first-order chi connectivity index (χ1) is 5.27. The van der Waals surface area contributed by atoms with E-state index in [1.54, 1.807) is 0 Å². The van der Waals surface area contributed by atoms with Crippen LogP contribution in [0, 0.1) is 5.82 Å². The van der Waals surface area contributed by atoms with Crippen molar-refractivity contribution >= 4 is 5.82 Å². The summed E-state index contributed by atoms with van der Waals surface area (Å²) < 4.78 is 17.2. The highest BCUT2D eigenvalue weighted by Crippen LogP contribution is 2.10. The molecule has 1 rings (SSSR count). The highest BCUT2D eigenvalue weighted by atomic mass is 19.1. The predicted octanol–water partition coefficient (Wildman–Crippen LogP) is -0.0901. The minimum absolute atomic E-state index is 0.0688. The number of halogens is 1. The second-order valence-electron chi connectivity index (χ2n) is 1.70. The maximum atomic E-state index is 12.6. The number of nitrogens with one attached hydrogen (secondary N) is 1. The molecule has 0 aliphatic heterocycles. The molecule has 0 aromatic carbocycles. The molecule has 0 fully saturated rings. The highest BCUT2D eigenvalue weighted by Gasteiger charge is 2.03. The molecule has 3 N–H and O–H groups in total. The van der Waals surface area contributed by atoms with Gasteiger partial charge < -0.3 is 10.2 Å². The largest absolute Gasteiger partial charge is 0.467 e. The van der Waals surface area contributed by atoms with Crippen LogP contribution in [0.1, 0.15) is 0 Å². The highest BCUT2D eigenvalue weighted by molar-refractivity contribution is 5.33. The summed E-state index contributed by atoms with van der Waals surface area (Å²) in [6, 6.07) is 0.0688. The Morgan fingerprint density at radius 2 is 2.45 bits per heavy atom. The normalized spacial score (nSPS) is 9.36. The number of anilines is 1. The molecule has 0 spiro atoms. The number of rotatable bonds is 2. The van der Waals surface area contributed by atoms with Crippen molar-refractivity contribution in [3.63, 3.8) is 0 Å². The predicted molar refractivity (Wildman–Crippen MR) is 36.4 cm³/mol. The van der Waals surface area contributed by atoms with Gasteiger partial charge in [0.15, 0.2) is 11.6 Å². The number of nitrogen functional groups attached to an aromatic ring is 1. The Morgan fingerprint density at radius 1 is 1.73 bits per heavy atom. The molecule has 5 nitrogen and oxygen atoms in total. The van der Waals surface area contributed by atoms with Gasteiger partial charge in [-0.15, -0.1) is 0 Å². The van der Waals surface area contributed by atoms with Crippen molar-refractivity contribution in [1.82, 2.24) is 9.97 Å². The standard InChI is InChI=1S/C5H7FN4O/c1-11-5-8-2-3(6)4(9-5)10-7/h2H,7H2,1H3,(H,8,9,10). The van der Waals surface area contributed by atoms with Crippen molar-refractivity contribution in [1.29, 1.82) is 0 Å². The third kappa shape index (κ3) is 1.53. The van der Waals surface area contributed by atoms with Crippen molar-refractivity contribution < 1.29 is 9.13 Å². The fourth-order valence-electron chi connectivity index (χ4n) is 0.551. The summed E-state index contributed by atoms with van der Waals surface area (Å²) in [4.78, 5) is 7.07. The first kappa shape index (κ1) is 7.67. The lowest BCUT2D eigenvalue weighted by atomic mass is 10.6. The topological polar surface area (TPSA) is 73.1 Å². The van der Waals surface area contributed by atoms with Crippen molar-refractivity contribution in [3.05, 3.63) is 12.0 Å². The smallest absolute Gasteiger partial charge is 0.318 e. The van der Waals surface area contributed by atoms with E-state index in [-0.39, 0.29) is 11.8 Å². The minimum Gasteiger partial charge on any atom is -0.467 e. The van der Waals surface area contributed by atoms with Crippen molar-refractivity contribution in [2.24, 2.45) is 5.84 Å². The van der Waals surface area contributed by atoms with Gasteiger partial charge in [-0.05, 0) is 0 Å². The van der Waals surface area contributed by atoms with Gasteiger partial charge in [-0.1, -0.05) is 0 Å². The summed E-state index contributed by atoms with van der Waals surface area (Å²) in [6.07, 6.45) is 0.973. The van der Waals surface area contributed by atoms with Gasteiger partial charge in [0.2, 0.25) is 0 Å². The molecule has 0 amide bonds. The van der Waals surface area contributed by atoms with Crippen LogP contribution >= 0.6 is 0 Å². The summed E-state index contributed by atoms with van der Waals surface area (Å²) in [5.74, 6) is 4.23. The van der Waals surface area contributed by atoms with Crippen LogP contribution in [0.2, 0.25) is 0 Å². The van der Waals surface area contributed by atoms with Crippen LogP contribution in [0.5, 0.6) is 6.01 Å². The summed E-state index contributed by atoms with van der Waals surface area (Å²) in [7, 11) is 1.38. The molecule has 0 atom stereocenters. The average molecular weight is 158 g/mol. The summed E-state index contributed by atoms with van der Waals surface area (Å²) in [5.41, 5.74) is 2.06. The number of nitrogens with two attached hydrogens (primary N) is 1. The fraction of sp³-hybridized carbons (Fsp3) is 0.200. The van der Waals surface area contributed by atoms with E-state index in [0.29, 0.717) is 0 Å². The average Bonchev–Trinajstić information content (AvgIpc) is 2.05. The zero-order valence-corrected chi connectivity index (χ0v) is 5.84. The van der Waals surface area contributed by atoms with Crippen LogP contribution < -0.4 is 16.0 Å². The van der Waals surface area contributed by atoms with E-state index in [1.165, 1.54) is 7.11 Å². The van der Waals surface area contributed by atoms with Gasteiger partial charge >= 0.3 is 6.01 Å². The molecule has 0 saturated heterocycles. The molecule has 60 valence electrons. The van der Waals surface area contributed by atoms with E-state index in [9.17, 15) is 4.39 Å². The van der Waals surface area contributed by atoms with Gasteiger partial charge in [-0.2, -0.15) is 4.98 Å². The number of nitrogens with zero attached hydrogens (tertiary/aromatic N) is 2. The quantitative estimate of drug-likeness (QED) is 0.464.